The van der Waals surface area contributed by atoms with Crippen LogP contribution in [0.15, 0.2) is 118 Å². The molecule has 0 saturated carbocycles. The Labute approximate surface area is 244 Å². The van der Waals surface area contributed by atoms with Crippen LogP contribution in [0.2, 0.25) is 0 Å². The molecule has 0 amide bonds. The first kappa shape index (κ1) is 25.9. The Kier molecular flexibility index (Phi) is 6.72. The molecule has 0 fully saturated rings. The fraction of sp³-hybridized carbons (Fsp3) is 0. The molecule has 0 saturated heterocycles. The SMILES string of the molecule is N/C(=C1/[N-]c2ccccc2O1)c1nc2ccccc2o1.N/C(=C1/[N-]c2ccccc2O1)c1nc2ccccc2o1.[Cu+2]. The topological polar surface area (TPSA) is 151 Å². The van der Waals surface area contributed by atoms with Crippen LogP contribution in [0, 0.1) is 0 Å². The van der Waals surface area contributed by atoms with Crippen LogP contribution in [-0.2, 0) is 17.1 Å². The van der Waals surface area contributed by atoms with Crippen molar-refractivity contribution in [2.24, 2.45) is 11.5 Å². The molecule has 11 heteroatoms. The first-order valence-electron chi connectivity index (χ1n) is 12.3. The summed E-state index contributed by atoms with van der Waals surface area (Å²) in [6.07, 6.45) is 0. The fourth-order valence-electron chi connectivity index (χ4n) is 4.13. The van der Waals surface area contributed by atoms with Crippen molar-refractivity contribution in [1.29, 1.82) is 0 Å². The van der Waals surface area contributed by atoms with Crippen molar-refractivity contribution in [3.05, 3.63) is 131 Å². The summed E-state index contributed by atoms with van der Waals surface area (Å²) in [6, 6.07) is 29.9. The van der Waals surface area contributed by atoms with Crippen LogP contribution in [-0.4, -0.2) is 9.97 Å². The van der Waals surface area contributed by atoms with Gasteiger partial charge < -0.3 is 40.4 Å². The van der Waals surface area contributed by atoms with Crippen molar-refractivity contribution >= 4 is 45.0 Å². The predicted octanol–water partition coefficient (Wildman–Crippen LogP) is 7.02. The van der Waals surface area contributed by atoms with Gasteiger partial charge in [-0.3, -0.25) is 0 Å². The van der Waals surface area contributed by atoms with E-state index in [-0.39, 0.29) is 28.5 Å². The summed E-state index contributed by atoms with van der Waals surface area (Å²) in [4.78, 5) is 8.66. The zero-order valence-electron chi connectivity index (χ0n) is 21.1. The summed E-state index contributed by atoms with van der Waals surface area (Å²) < 4.78 is 22.4. The molecule has 0 spiro atoms. The second-order valence-corrected chi connectivity index (χ2v) is 8.77. The Balaban J connectivity index is 0.000000144. The second-order valence-electron chi connectivity index (χ2n) is 8.77. The van der Waals surface area contributed by atoms with Gasteiger partial charge in [-0.1, -0.05) is 72.0 Å². The van der Waals surface area contributed by atoms with Crippen LogP contribution >= 0.6 is 0 Å². The Morgan fingerprint density at radius 3 is 1.34 bits per heavy atom. The van der Waals surface area contributed by atoms with Gasteiger partial charge in [0.2, 0.25) is 11.8 Å². The molecule has 205 valence electrons. The summed E-state index contributed by atoms with van der Waals surface area (Å²) in [5.74, 6) is 2.63. The third-order valence-corrected chi connectivity index (χ3v) is 6.10. The van der Waals surface area contributed by atoms with Crippen LogP contribution < -0.4 is 20.9 Å². The molecular weight excluding hydrogens is 572 g/mol. The van der Waals surface area contributed by atoms with E-state index in [2.05, 4.69) is 20.6 Å². The third kappa shape index (κ3) is 4.91. The van der Waals surface area contributed by atoms with E-state index in [4.69, 9.17) is 29.8 Å². The van der Waals surface area contributed by atoms with Crippen LogP contribution in [0.1, 0.15) is 11.8 Å². The molecule has 6 aromatic rings. The number of hydrogen-bond acceptors (Lipinski definition) is 8. The molecule has 0 bridgehead atoms. The number of rotatable bonds is 2. The molecule has 4 N–H and O–H groups in total. The quantitative estimate of drug-likeness (QED) is 0.204. The zero-order valence-corrected chi connectivity index (χ0v) is 22.1. The number of nitrogens with two attached hydrogens (primary N) is 2. The molecule has 2 aliphatic rings. The molecule has 1 radical (unpaired) electrons. The van der Waals surface area contributed by atoms with Crippen LogP contribution in [0.4, 0.5) is 11.4 Å². The van der Waals surface area contributed by atoms with E-state index in [1.807, 2.05) is 97.1 Å². The largest absolute Gasteiger partial charge is 2.00 e. The van der Waals surface area contributed by atoms with Gasteiger partial charge in [0, 0.05) is 0 Å². The average molecular weight is 592 g/mol. The first-order valence-corrected chi connectivity index (χ1v) is 12.3. The Hall–Kier alpha value is -5.38. The number of nitrogens with zero attached hydrogens (tertiary/aromatic N) is 4. The Morgan fingerprint density at radius 2 is 0.927 bits per heavy atom. The maximum atomic E-state index is 6.05. The van der Waals surface area contributed by atoms with E-state index >= 15 is 0 Å². The van der Waals surface area contributed by atoms with Gasteiger partial charge in [0.1, 0.15) is 33.9 Å². The van der Waals surface area contributed by atoms with E-state index in [1.54, 1.807) is 0 Å². The molecule has 2 aromatic heterocycles. The predicted molar refractivity (Wildman–Crippen MR) is 150 cm³/mol. The first-order chi connectivity index (χ1) is 19.6. The molecule has 41 heavy (non-hydrogen) atoms. The number of oxazole rings is 2. The van der Waals surface area contributed by atoms with E-state index in [1.165, 1.54) is 0 Å². The van der Waals surface area contributed by atoms with Gasteiger partial charge in [-0.05, 0) is 36.4 Å². The van der Waals surface area contributed by atoms with E-state index in [0.29, 0.717) is 46.2 Å². The van der Waals surface area contributed by atoms with E-state index in [9.17, 15) is 0 Å². The van der Waals surface area contributed by atoms with Gasteiger partial charge in [-0.15, -0.1) is 0 Å². The van der Waals surface area contributed by atoms with Gasteiger partial charge in [0.05, 0.1) is 11.8 Å². The number of benzene rings is 4. The van der Waals surface area contributed by atoms with Crippen molar-refractivity contribution in [1.82, 2.24) is 9.97 Å². The summed E-state index contributed by atoms with van der Waals surface area (Å²) in [7, 11) is 0. The van der Waals surface area contributed by atoms with Gasteiger partial charge in [0.25, 0.3) is 0 Å². The minimum absolute atomic E-state index is 0. The van der Waals surface area contributed by atoms with Crippen LogP contribution in [0.3, 0.4) is 0 Å². The summed E-state index contributed by atoms with van der Waals surface area (Å²) in [5.41, 5.74) is 17.0. The van der Waals surface area contributed by atoms with E-state index in [0.717, 1.165) is 22.4 Å². The summed E-state index contributed by atoms with van der Waals surface area (Å²) in [5, 5.41) is 8.66. The van der Waals surface area contributed by atoms with Crippen molar-refractivity contribution in [2.75, 3.05) is 0 Å². The molecule has 8 rings (SSSR count). The molecule has 0 atom stereocenters. The Bertz CT molecular complexity index is 1700. The van der Waals surface area contributed by atoms with Gasteiger partial charge in [-0.2, -0.15) is 0 Å². The average Bonchev–Trinajstić information content (AvgIpc) is 3.79. The number of ether oxygens (including phenoxy) is 2. The summed E-state index contributed by atoms with van der Waals surface area (Å²) in [6.45, 7) is 0. The van der Waals surface area contributed by atoms with Crippen LogP contribution in [0.5, 0.6) is 11.5 Å². The number of aromatic nitrogens is 2. The smallest absolute Gasteiger partial charge is 0.622 e. The maximum Gasteiger partial charge on any atom is 2.00 e. The van der Waals surface area contributed by atoms with Crippen molar-refractivity contribution < 1.29 is 35.4 Å². The second kappa shape index (κ2) is 10.6. The fourth-order valence-corrected chi connectivity index (χ4v) is 4.13. The van der Waals surface area contributed by atoms with Gasteiger partial charge in [-0.25, -0.2) is 9.97 Å². The van der Waals surface area contributed by atoms with Crippen molar-refractivity contribution in [3.63, 3.8) is 0 Å². The van der Waals surface area contributed by atoms with Gasteiger partial charge in [0.15, 0.2) is 11.2 Å². The minimum atomic E-state index is 0. The maximum absolute atomic E-state index is 6.05. The molecule has 2 aliphatic heterocycles. The molecule has 0 unspecified atom stereocenters. The van der Waals surface area contributed by atoms with E-state index < -0.39 is 0 Å². The minimum Gasteiger partial charge on any atom is -0.622 e. The standard InChI is InChI=1S/2C15H10N3O2.Cu/c2*16-13(14-17-9-5-1-3-7-11(9)19-14)15-18-10-6-2-4-8-12(10)20-15;/h2*1-8H,16H2;/q2*-1;+2/b2*14-13-;. The number of hydrogen-bond donors (Lipinski definition) is 2. The monoisotopic (exact) mass is 591 g/mol. The molecule has 0 aliphatic carbocycles. The summed E-state index contributed by atoms with van der Waals surface area (Å²) >= 11 is 0. The number of fused-ring (bicyclic) bond motifs is 4. The van der Waals surface area contributed by atoms with Crippen LogP contribution in [0.25, 0.3) is 44.2 Å². The Morgan fingerprint density at radius 1 is 0.537 bits per heavy atom. The van der Waals surface area contributed by atoms with Gasteiger partial charge >= 0.3 is 17.1 Å². The molecule has 4 heterocycles. The number of para-hydroxylation sites is 8. The van der Waals surface area contributed by atoms with Crippen molar-refractivity contribution in [2.45, 2.75) is 0 Å². The normalized spacial score (nSPS) is 15.2. The third-order valence-electron chi connectivity index (χ3n) is 6.10. The molecule has 4 aromatic carbocycles. The molecular formula is C30H20CuN6O4. The van der Waals surface area contributed by atoms with Crippen molar-refractivity contribution in [3.8, 4) is 11.5 Å². The molecule has 10 nitrogen and oxygen atoms in total. The zero-order chi connectivity index (χ0) is 27.1.